The molecule has 4 N–H and O–H groups in total. The van der Waals surface area contributed by atoms with Gasteiger partial charge in [0.05, 0.1) is 45.4 Å². The molecule has 2 aromatic heterocycles. The highest BCUT2D eigenvalue weighted by Gasteiger charge is 2.35. The molecule has 3 heterocycles. The normalized spacial score (nSPS) is 16.3. The fourth-order valence-corrected chi connectivity index (χ4v) is 5.58. The van der Waals surface area contributed by atoms with E-state index in [1.54, 1.807) is 24.3 Å². The van der Waals surface area contributed by atoms with Gasteiger partial charge in [0, 0.05) is 36.1 Å². The predicted molar refractivity (Wildman–Crippen MR) is 155 cm³/mol. The van der Waals surface area contributed by atoms with Gasteiger partial charge >= 0.3 is 0 Å². The third-order valence-corrected chi connectivity index (χ3v) is 7.98. The van der Waals surface area contributed by atoms with E-state index in [0.29, 0.717) is 27.3 Å². The predicted octanol–water partition coefficient (Wildman–Crippen LogP) is 6.83. The van der Waals surface area contributed by atoms with Gasteiger partial charge in [-0.3, -0.25) is 9.99 Å². The number of aromatic nitrogens is 2. The first-order valence-electron chi connectivity index (χ1n) is 13.3. The molecule has 12 heteroatoms. The average molecular weight is 591 g/mol. The Labute approximate surface area is 245 Å². The SMILES string of the molecule is CC1(CN2C=C([C@@H](Nc3cc(Cl)c4ncc(C#N)c(Nc5cnc(F)c(F)c5)c4c3)c3ccc(F)cc3)NN2)CCC1. The van der Waals surface area contributed by atoms with E-state index in [1.807, 2.05) is 11.2 Å². The number of nitrogens with one attached hydrogen (secondary N) is 4. The number of hydrogen-bond acceptors (Lipinski definition) is 8. The monoisotopic (exact) mass is 590 g/mol. The molecule has 2 aliphatic rings. The molecule has 1 atom stereocenters. The number of benzene rings is 2. The Balaban J connectivity index is 1.38. The molecule has 6 rings (SSSR count). The highest BCUT2D eigenvalue weighted by Crippen LogP contribution is 2.41. The summed E-state index contributed by atoms with van der Waals surface area (Å²) in [4.78, 5) is 7.77. The van der Waals surface area contributed by atoms with E-state index >= 15 is 0 Å². The molecule has 1 aliphatic carbocycles. The molecular formula is C30H26ClF3N8. The molecule has 1 aliphatic heterocycles. The number of hydrazine groups is 2. The molecule has 214 valence electrons. The van der Waals surface area contributed by atoms with Gasteiger partial charge in [0.25, 0.3) is 0 Å². The van der Waals surface area contributed by atoms with Crippen molar-refractivity contribution in [2.45, 2.75) is 32.2 Å². The second-order valence-electron chi connectivity index (χ2n) is 10.9. The second kappa shape index (κ2) is 11.0. The van der Waals surface area contributed by atoms with Crippen molar-refractivity contribution in [3.63, 3.8) is 0 Å². The summed E-state index contributed by atoms with van der Waals surface area (Å²) in [6.45, 7) is 3.10. The van der Waals surface area contributed by atoms with Gasteiger partial charge in [0.1, 0.15) is 11.9 Å². The fraction of sp³-hybridized carbons (Fsp3) is 0.233. The number of hydrogen-bond donors (Lipinski definition) is 4. The van der Waals surface area contributed by atoms with Crippen LogP contribution in [0.4, 0.5) is 30.2 Å². The van der Waals surface area contributed by atoms with Crippen LogP contribution in [0.15, 0.2) is 66.8 Å². The lowest BCUT2D eigenvalue weighted by atomic mass is 9.70. The lowest BCUT2D eigenvalue weighted by Gasteiger charge is -2.40. The van der Waals surface area contributed by atoms with Crippen molar-refractivity contribution < 1.29 is 13.2 Å². The smallest absolute Gasteiger partial charge is 0.249 e. The summed E-state index contributed by atoms with van der Waals surface area (Å²) in [5.41, 5.74) is 9.88. The zero-order valence-corrected chi connectivity index (χ0v) is 23.2. The van der Waals surface area contributed by atoms with Crippen molar-refractivity contribution in [3.8, 4) is 6.07 Å². The van der Waals surface area contributed by atoms with Crippen LogP contribution >= 0.6 is 11.6 Å². The number of pyridine rings is 2. The maximum absolute atomic E-state index is 13.9. The van der Waals surface area contributed by atoms with E-state index in [0.717, 1.165) is 30.1 Å². The van der Waals surface area contributed by atoms with Crippen LogP contribution in [-0.2, 0) is 0 Å². The highest BCUT2D eigenvalue weighted by molar-refractivity contribution is 6.36. The highest BCUT2D eigenvalue weighted by atomic mass is 35.5. The van der Waals surface area contributed by atoms with E-state index in [9.17, 15) is 18.4 Å². The topological polar surface area (TPSA) is 101 Å². The minimum absolute atomic E-state index is 0.142. The molecule has 0 unspecified atom stereocenters. The Morgan fingerprint density at radius 1 is 1.10 bits per heavy atom. The molecule has 1 saturated carbocycles. The van der Waals surface area contributed by atoms with Gasteiger partial charge in [-0.25, -0.2) is 13.8 Å². The summed E-state index contributed by atoms with van der Waals surface area (Å²) in [6.07, 6.45) is 8.03. The maximum Gasteiger partial charge on any atom is 0.249 e. The molecule has 2 aromatic carbocycles. The first-order valence-corrected chi connectivity index (χ1v) is 13.7. The number of nitriles is 1. The van der Waals surface area contributed by atoms with Gasteiger partial charge in [-0.15, -0.1) is 5.53 Å². The second-order valence-corrected chi connectivity index (χ2v) is 11.3. The number of rotatable bonds is 8. The number of anilines is 3. The standard InChI is InChI=1S/C30H26ClF3N8/c1-30(7-2-8-30)16-42-15-25(40-41-42)27(17-3-5-19(32)6-4-17)38-20-9-22-26(39-21-11-24(33)29(34)37-14-21)18(12-35)13-36-28(22)23(31)10-20/h3-6,9-11,13-15,27,38,40-41H,2,7-8,16H2,1H3,(H,36,39)/t27-/m0/s1. The van der Waals surface area contributed by atoms with Gasteiger partial charge in [-0.1, -0.05) is 37.1 Å². The Bertz CT molecular complexity index is 1730. The van der Waals surface area contributed by atoms with Crippen molar-refractivity contribution >= 4 is 39.6 Å². The largest absolute Gasteiger partial charge is 0.373 e. The minimum atomic E-state index is -1.23. The van der Waals surface area contributed by atoms with Gasteiger partial charge < -0.3 is 16.1 Å². The molecule has 0 radical (unpaired) electrons. The van der Waals surface area contributed by atoms with Crippen molar-refractivity contribution in [2.24, 2.45) is 5.41 Å². The van der Waals surface area contributed by atoms with Gasteiger partial charge in [-0.05, 0) is 48.1 Å². The van der Waals surface area contributed by atoms with Gasteiger partial charge in [0.2, 0.25) is 5.95 Å². The molecule has 0 spiro atoms. The fourth-order valence-electron chi connectivity index (χ4n) is 5.31. The number of fused-ring (bicyclic) bond motifs is 1. The van der Waals surface area contributed by atoms with Crippen molar-refractivity contribution in [3.05, 3.63) is 100 Å². The third-order valence-electron chi connectivity index (χ3n) is 7.69. The Morgan fingerprint density at radius 2 is 1.88 bits per heavy atom. The first kappa shape index (κ1) is 27.6. The molecule has 42 heavy (non-hydrogen) atoms. The maximum atomic E-state index is 13.9. The Kier molecular flexibility index (Phi) is 7.26. The molecule has 0 bridgehead atoms. The Morgan fingerprint density at radius 3 is 2.57 bits per heavy atom. The average Bonchev–Trinajstić information content (AvgIpc) is 3.41. The van der Waals surface area contributed by atoms with Crippen LogP contribution in [-0.4, -0.2) is 21.5 Å². The first-order chi connectivity index (χ1) is 20.2. The van der Waals surface area contributed by atoms with Crippen LogP contribution in [0.1, 0.15) is 43.4 Å². The quantitative estimate of drug-likeness (QED) is 0.166. The third kappa shape index (κ3) is 5.51. The minimum Gasteiger partial charge on any atom is -0.373 e. The van der Waals surface area contributed by atoms with Crippen molar-refractivity contribution in [1.82, 2.24) is 25.9 Å². The molecule has 4 aromatic rings. The van der Waals surface area contributed by atoms with Gasteiger partial charge in [0.15, 0.2) is 5.82 Å². The summed E-state index contributed by atoms with van der Waals surface area (Å²) in [7, 11) is 0. The summed E-state index contributed by atoms with van der Waals surface area (Å²) in [5.74, 6) is -2.72. The molecule has 0 saturated heterocycles. The molecular weight excluding hydrogens is 565 g/mol. The van der Waals surface area contributed by atoms with E-state index in [-0.39, 0.29) is 22.5 Å². The summed E-state index contributed by atoms with van der Waals surface area (Å²) in [6, 6.07) is 12.3. The lowest BCUT2D eigenvalue weighted by molar-refractivity contribution is 0.0859. The molecule has 1 fully saturated rings. The Hall–Kier alpha value is -4.53. The van der Waals surface area contributed by atoms with Crippen LogP contribution in [0.5, 0.6) is 0 Å². The summed E-state index contributed by atoms with van der Waals surface area (Å²) < 4.78 is 41.2. The van der Waals surface area contributed by atoms with Crippen LogP contribution in [0.2, 0.25) is 5.02 Å². The van der Waals surface area contributed by atoms with Crippen LogP contribution < -0.4 is 21.6 Å². The zero-order valence-electron chi connectivity index (χ0n) is 22.5. The lowest BCUT2D eigenvalue weighted by Crippen LogP contribution is -2.45. The van der Waals surface area contributed by atoms with E-state index < -0.39 is 17.8 Å². The summed E-state index contributed by atoms with van der Waals surface area (Å²) >= 11 is 6.67. The summed E-state index contributed by atoms with van der Waals surface area (Å²) in [5, 5.41) is 19.0. The zero-order chi connectivity index (χ0) is 29.4. The molecule has 8 nitrogen and oxygen atoms in total. The van der Waals surface area contributed by atoms with Crippen LogP contribution in [0, 0.1) is 34.3 Å². The van der Waals surface area contributed by atoms with Crippen molar-refractivity contribution in [1.29, 1.82) is 5.26 Å². The van der Waals surface area contributed by atoms with E-state index in [4.69, 9.17) is 11.6 Å². The molecule has 0 amide bonds. The van der Waals surface area contributed by atoms with E-state index in [1.165, 1.54) is 37.6 Å². The van der Waals surface area contributed by atoms with Crippen molar-refractivity contribution in [2.75, 3.05) is 17.2 Å². The van der Waals surface area contributed by atoms with Crippen LogP contribution in [0.3, 0.4) is 0 Å². The number of nitrogens with zero attached hydrogens (tertiary/aromatic N) is 4. The number of halogens is 4. The van der Waals surface area contributed by atoms with Gasteiger partial charge in [-0.2, -0.15) is 9.65 Å². The van der Waals surface area contributed by atoms with E-state index in [2.05, 4.69) is 44.6 Å². The van der Waals surface area contributed by atoms with Crippen LogP contribution in [0.25, 0.3) is 10.9 Å².